The molecule has 0 rings (SSSR count). The molecule has 0 aromatic heterocycles. The number of esters is 3. The molecule has 0 heterocycles. The quantitative estimate of drug-likeness (QED) is 0.0344. The van der Waals surface area contributed by atoms with Crippen molar-refractivity contribution in [3.63, 3.8) is 0 Å². The number of rotatable bonds is 53. The van der Waals surface area contributed by atoms with Crippen LogP contribution < -0.4 is 0 Å². The van der Waals surface area contributed by atoms with E-state index in [1.807, 2.05) is 0 Å². The van der Waals surface area contributed by atoms with Crippen LogP contribution in [-0.2, 0) is 28.6 Å². The monoisotopic (exact) mass is 919 g/mol. The Labute approximate surface area is 406 Å². The van der Waals surface area contributed by atoms with Crippen molar-refractivity contribution in [1.29, 1.82) is 0 Å². The summed E-state index contributed by atoms with van der Waals surface area (Å²) in [5.74, 6) is 0.804. The van der Waals surface area contributed by atoms with Crippen molar-refractivity contribution in [2.75, 3.05) is 13.2 Å². The molecule has 0 aliphatic carbocycles. The summed E-state index contributed by atoms with van der Waals surface area (Å²) in [5, 5.41) is 0. The fourth-order valence-electron chi connectivity index (χ4n) is 9.05. The van der Waals surface area contributed by atoms with Gasteiger partial charge in [-0.25, -0.2) is 0 Å². The maximum absolute atomic E-state index is 12.8. The molecule has 0 spiro atoms. The predicted octanol–water partition coefficient (Wildman–Crippen LogP) is 19.3. The van der Waals surface area contributed by atoms with Gasteiger partial charge in [0.05, 0.1) is 0 Å². The lowest BCUT2D eigenvalue weighted by Gasteiger charge is -2.18. The Morgan fingerprint density at radius 1 is 0.292 bits per heavy atom. The summed E-state index contributed by atoms with van der Waals surface area (Å²) in [6.45, 7) is 11.4. The van der Waals surface area contributed by atoms with Gasteiger partial charge in [-0.2, -0.15) is 0 Å². The van der Waals surface area contributed by atoms with Gasteiger partial charge in [0.2, 0.25) is 0 Å². The van der Waals surface area contributed by atoms with Crippen molar-refractivity contribution in [2.45, 2.75) is 336 Å². The van der Waals surface area contributed by atoms with Crippen LogP contribution in [0, 0.1) is 11.8 Å². The van der Waals surface area contributed by atoms with E-state index in [0.29, 0.717) is 19.3 Å². The molecule has 6 nitrogen and oxygen atoms in total. The molecule has 386 valence electrons. The summed E-state index contributed by atoms with van der Waals surface area (Å²) >= 11 is 0. The van der Waals surface area contributed by atoms with E-state index in [2.05, 4.69) is 34.6 Å². The average Bonchev–Trinajstić information content (AvgIpc) is 3.28. The highest BCUT2D eigenvalue weighted by atomic mass is 16.6. The summed E-state index contributed by atoms with van der Waals surface area (Å²) < 4.78 is 16.9. The van der Waals surface area contributed by atoms with E-state index in [1.165, 1.54) is 218 Å². The molecule has 0 N–H and O–H groups in total. The Morgan fingerprint density at radius 3 is 0.754 bits per heavy atom. The molecule has 0 saturated heterocycles. The van der Waals surface area contributed by atoms with Crippen LogP contribution in [0.1, 0.15) is 330 Å². The number of carbonyl (C=O) groups is 3. The number of hydrogen-bond acceptors (Lipinski definition) is 6. The van der Waals surface area contributed by atoms with Crippen LogP contribution in [-0.4, -0.2) is 37.2 Å². The lowest BCUT2D eigenvalue weighted by Crippen LogP contribution is -2.30. The van der Waals surface area contributed by atoms with Gasteiger partial charge in [0.25, 0.3) is 0 Å². The summed E-state index contributed by atoms with van der Waals surface area (Å²) in [6.07, 6.45) is 55.3. The molecule has 0 radical (unpaired) electrons. The zero-order valence-corrected chi connectivity index (χ0v) is 44.6. The Bertz CT molecular complexity index is 993. The molecular weight excluding hydrogens is 805 g/mol. The van der Waals surface area contributed by atoms with Crippen LogP contribution in [0.25, 0.3) is 0 Å². The fourth-order valence-corrected chi connectivity index (χ4v) is 9.05. The van der Waals surface area contributed by atoms with Crippen LogP contribution >= 0.6 is 0 Å². The van der Waals surface area contributed by atoms with E-state index in [0.717, 1.165) is 69.6 Å². The minimum Gasteiger partial charge on any atom is -0.462 e. The van der Waals surface area contributed by atoms with E-state index >= 15 is 0 Å². The average molecular weight is 920 g/mol. The molecule has 0 aliphatic rings. The zero-order chi connectivity index (χ0) is 47.5. The molecular formula is C59H114O6. The SMILES string of the molecule is CCCCCCCCCCCCCCCCCCCCCC(=O)OC[C@H](COC(=O)CCCCCCCCCCCCCCCC(C)C)OC(=O)CCCCCCCCCCCC(C)C. The number of carbonyl (C=O) groups excluding carboxylic acids is 3. The Balaban J connectivity index is 4.25. The standard InChI is InChI=1S/C59H114O6/c1-6-7-8-9-10-11-12-13-14-15-16-17-18-21-24-29-34-39-44-49-57(60)63-52-56(65-59(62)51-46-41-36-31-26-28-33-38-43-48-55(4)5)53-64-58(61)50-45-40-35-30-25-22-19-20-23-27-32-37-42-47-54(2)3/h54-56H,6-53H2,1-5H3/t56-/m1/s1. The van der Waals surface area contributed by atoms with Gasteiger partial charge in [-0.05, 0) is 31.1 Å². The molecule has 0 saturated carbocycles. The molecule has 0 aromatic rings. The van der Waals surface area contributed by atoms with Gasteiger partial charge in [-0.3, -0.25) is 14.4 Å². The van der Waals surface area contributed by atoms with Crippen LogP contribution in [0.5, 0.6) is 0 Å². The van der Waals surface area contributed by atoms with Gasteiger partial charge < -0.3 is 14.2 Å². The summed E-state index contributed by atoms with van der Waals surface area (Å²) in [5.41, 5.74) is 0. The molecule has 0 unspecified atom stereocenters. The van der Waals surface area contributed by atoms with Crippen LogP contribution in [0.15, 0.2) is 0 Å². The van der Waals surface area contributed by atoms with Gasteiger partial charge in [0.1, 0.15) is 13.2 Å². The van der Waals surface area contributed by atoms with Crippen molar-refractivity contribution in [3.05, 3.63) is 0 Å². The second-order valence-corrected chi connectivity index (χ2v) is 21.2. The third-order valence-electron chi connectivity index (χ3n) is 13.5. The fraction of sp³-hybridized carbons (Fsp3) is 0.949. The molecule has 0 aliphatic heterocycles. The zero-order valence-electron chi connectivity index (χ0n) is 44.6. The number of unbranched alkanes of at least 4 members (excludes halogenated alkanes) is 38. The minimum atomic E-state index is -0.763. The lowest BCUT2D eigenvalue weighted by molar-refractivity contribution is -0.167. The maximum atomic E-state index is 12.8. The first-order valence-corrected chi connectivity index (χ1v) is 29.2. The van der Waals surface area contributed by atoms with Crippen molar-refractivity contribution in [2.24, 2.45) is 11.8 Å². The summed E-state index contributed by atoms with van der Waals surface area (Å²) in [7, 11) is 0. The highest BCUT2D eigenvalue weighted by Gasteiger charge is 2.19. The van der Waals surface area contributed by atoms with E-state index in [4.69, 9.17) is 14.2 Å². The van der Waals surface area contributed by atoms with Crippen molar-refractivity contribution < 1.29 is 28.6 Å². The number of hydrogen-bond donors (Lipinski definition) is 0. The van der Waals surface area contributed by atoms with Gasteiger partial charge in [0, 0.05) is 19.3 Å². The van der Waals surface area contributed by atoms with E-state index in [9.17, 15) is 14.4 Å². The first kappa shape index (κ1) is 63.4. The minimum absolute atomic E-state index is 0.0631. The Morgan fingerprint density at radius 2 is 0.508 bits per heavy atom. The summed E-state index contributed by atoms with van der Waals surface area (Å²) in [6, 6.07) is 0. The van der Waals surface area contributed by atoms with Crippen molar-refractivity contribution in [1.82, 2.24) is 0 Å². The van der Waals surface area contributed by atoms with Crippen LogP contribution in [0.3, 0.4) is 0 Å². The normalized spacial score (nSPS) is 12.0. The lowest BCUT2D eigenvalue weighted by atomic mass is 10.0. The highest BCUT2D eigenvalue weighted by molar-refractivity contribution is 5.71. The first-order valence-electron chi connectivity index (χ1n) is 29.2. The molecule has 0 fully saturated rings. The second-order valence-electron chi connectivity index (χ2n) is 21.2. The maximum Gasteiger partial charge on any atom is 0.306 e. The predicted molar refractivity (Wildman–Crippen MR) is 280 cm³/mol. The van der Waals surface area contributed by atoms with E-state index in [-0.39, 0.29) is 31.1 Å². The molecule has 0 amide bonds. The smallest absolute Gasteiger partial charge is 0.306 e. The van der Waals surface area contributed by atoms with Crippen LogP contribution in [0.4, 0.5) is 0 Å². The first-order chi connectivity index (χ1) is 31.7. The number of ether oxygens (including phenoxy) is 3. The van der Waals surface area contributed by atoms with E-state index in [1.54, 1.807) is 0 Å². The molecule has 6 heteroatoms. The second kappa shape index (κ2) is 51.8. The van der Waals surface area contributed by atoms with Crippen LogP contribution in [0.2, 0.25) is 0 Å². The molecule has 0 aromatic carbocycles. The van der Waals surface area contributed by atoms with Gasteiger partial charge in [-0.1, -0.05) is 291 Å². The van der Waals surface area contributed by atoms with Gasteiger partial charge in [-0.15, -0.1) is 0 Å². The van der Waals surface area contributed by atoms with Gasteiger partial charge >= 0.3 is 17.9 Å². The Kier molecular flexibility index (Phi) is 50.5. The van der Waals surface area contributed by atoms with Gasteiger partial charge in [0.15, 0.2) is 6.10 Å². The molecule has 0 bridgehead atoms. The van der Waals surface area contributed by atoms with Crippen molar-refractivity contribution in [3.8, 4) is 0 Å². The third kappa shape index (κ3) is 53.2. The highest BCUT2D eigenvalue weighted by Crippen LogP contribution is 2.18. The largest absolute Gasteiger partial charge is 0.462 e. The topological polar surface area (TPSA) is 78.9 Å². The third-order valence-corrected chi connectivity index (χ3v) is 13.5. The van der Waals surface area contributed by atoms with E-state index < -0.39 is 6.10 Å². The Hall–Kier alpha value is -1.59. The van der Waals surface area contributed by atoms with Crippen molar-refractivity contribution >= 4 is 17.9 Å². The molecule has 65 heavy (non-hydrogen) atoms. The summed E-state index contributed by atoms with van der Waals surface area (Å²) in [4.78, 5) is 38.1. The molecule has 1 atom stereocenters.